The Morgan fingerprint density at radius 3 is 2.50 bits per heavy atom. The third kappa shape index (κ3) is 3.01. The standard InChI is InChI=1S/C13H14ClNO3/c14-10-4-1-2-5-11(10)18-9-3-8-15-12(16)6-7-13(15)17/h1-2,4-5H,3,6-9H2. The summed E-state index contributed by atoms with van der Waals surface area (Å²) >= 11 is 5.93. The largest absolute Gasteiger partial charge is 0.492 e. The molecule has 0 atom stereocenters. The molecule has 96 valence electrons. The van der Waals surface area contributed by atoms with Crippen molar-refractivity contribution >= 4 is 23.4 Å². The molecule has 0 N–H and O–H groups in total. The summed E-state index contributed by atoms with van der Waals surface area (Å²) in [4.78, 5) is 24.0. The highest BCUT2D eigenvalue weighted by molar-refractivity contribution is 6.32. The number of nitrogens with zero attached hydrogens (tertiary/aromatic N) is 1. The monoisotopic (exact) mass is 267 g/mol. The lowest BCUT2D eigenvalue weighted by Gasteiger charge is -2.14. The molecule has 1 saturated heterocycles. The molecule has 0 spiro atoms. The molecule has 0 bridgehead atoms. The van der Waals surface area contributed by atoms with Crippen molar-refractivity contribution in [2.45, 2.75) is 19.3 Å². The molecule has 0 aromatic heterocycles. The van der Waals surface area contributed by atoms with Crippen molar-refractivity contribution in [3.63, 3.8) is 0 Å². The number of hydrogen-bond donors (Lipinski definition) is 0. The van der Waals surface area contributed by atoms with Gasteiger partial charge in [-0.3, -0.25) is 14.5 Å². The number of carbonyl (C=O) groups is 2. The van der Waals surface area contributed by atoms with Gasteiger partial charge in [0.05, 0.1) is 11.6 Å². The first-order chi connectivity index (χ1) is 8.68. The molecule has 0 saturated carbocycles. The second-order valence-electron chi connectivity index (χ2n) is 4.07. The van der Waals surface area contributed by atoms with E-state index in [9.17, 15) is 9.59 Å². The van der Waals surface area contributed by atoms with Crippen LogP contribution in [0, 0.1) is 0 Å². The lowest BCUT2D eigenvalue weighted by atomic mass is 10.3. The number of ether oxygens (including phenoxy) is 1. The molecule has 1 aliphatic heterocycles. The fourth-order valence-corrected chi connectivity index (χ4v) is 2.03. The molecular weight excluding hydrogens is 254 g/mol. The van der Waals surface area contributed by atoms with E-state index in [2.05, 4.69) is 0 Å². The number of para-hydroxylation sites is 1. The van der Waals surface area contributed by atoms with Crippen molar-refractivity contribution in [3.8, 4) is 5.75 Å². The fourth-order valence-electron chi connectivity index (χ4n) is 1.84. The number of rotatable bonds is 5. The number of amides is 2. The summed E-state index contributed by atoms with van der Waals surface area (Å²) in [6.45, 7) is 0.850. The van der Waals surface area contributed by atoms with Gasteiger partial charge in [0.15, 0.2) is 0 Å². The molecule has 1 fully saturated rings. The van der Waals surface area contributed by atoms with Crippen LogP contribution in [0.25, 0.3) is 0 Å². The molecule has 0 aliphatic carbocycles. The summed E-state index contributed by atoms with van der Waals surface area (Å²) in [6.07, 6.45) is 1.29. The first-order valence-corrected chi connectivity index (χ1v) is 6.27. The van der Waals surface area contributed by atoms with Crippen LogP contribution in [0.4, 0.5) is 0 Å². The van der Waals surface area contributed by atoms with Crippen molar-refractivity contribution in [3.05, 3.63) is 29.3 Å². The summed E-state index contributed by atoms with van der Waals surface area (Å²) in [5.74, 6) is 0.453. The van der Waals surface area contributed by atoms with E-state index in [4.69, 9.17) is 16.3 Å². The van der Waals surface area contributed by atoms with Crippen LogP contribution in [0.1, 0.15) is 19.3 Å². The van der Waals surface area contributed by atoms with E-state index in [-0.39, 0.29) is 11.8 Å². The molecule has 1 heterocycles. The van der Waals surface area contributed by atoms with Gasteiger partial charge in [-0.15, -0.1) is 0 Å². The lowest BCUT2D eigenvalue weighted by molar-refractivity contribution is -0.138. The summed E-state index contributed by atoms with van der Waals surface area (Å²) in [7, 11) is 0. The Morgan fingerprint density at radius 2 is 1.83 bits per heavy atom. The molecular formula is C13H14ClNO3. The van der Waals surface area contributed by atoms with Crippen LogP contribution >= 0.6 is 11.6 Å². The normalized spacial score (nSPS) is 15.3. The van der Waals surface area contributed by atoms with Crippen LogP contribution in [-0.4, -0.2) is 29.9 Å². The molecule has 4 nitrogen and oxygen atoms in total. The Hall–Kier alpha value is -1.55. The van der Waals surface area contributed by atoms with Gasteiger partial charge in [0.1, 0.15) is 5.75 Å². The van der Waals surface area contributed by atoms with Gasteiger partial charge in [-0.2, -0.15) is 0 Å². The number of carbonyl (C=O) groups excluding carboxylic acids is 2. The minimum absolute atomic E-state index is 0.0854. The van der Waals surface area contributed by atoms with Gasteiger partial charge in [0, 0.05) is 19.4 Å². The van der Waals surface area contributed by atoms with Gasteiger partial charge in [-0.25, -0.2) is 0 Å². The highest BCUT2D eigenvalue weighted by Gasteiger charge is 2.27. The third-order valence-electron chi connectivity index (χ3n) is 2.78. The molecule has 2 rings (SSSR count). The first-order valence-electron chi connectivity index (χ1n) is 5.89. The van der Waals surface area contributed by atoms with Crippen molar-refractivity contribution in [2.24, 2.45) is 0 Å². The van der Waals surface area contributed by atoms with Gasteiger partial charge in [-0.1, -0.05) is 23.7 Å². The van der Waals surface area contributed by atoms with Crippen LogP contribution in [0.5, 0.6) is 5.75 Å². The molecule has 2 amide bonds. The van der Waals surface area contributed by atoms with Gasteiger partial charge in [-0.05, 0) is 18.6 Å². The Balaban J connectivity index is 1.75. The fraction of sp³-hybridized carbons (Fsp3) is 0.385. The van der Waals surface area contributed by atoms with Crippen molar-refractivity contribution in [1.29, 1.82) is 0 Å². The summed E-state index contributed by atoms with van der Waals surface area (Å²) in [6, 6.07) is 7.21. The predicted octanol–water partition coefficient (Wildman–Crippen LogP) is 2.26. The van der Waals surface area contributed by atoms with Crippen molar-refractivity contribution in [1.82, 2.24) is 4.90 Å². The topological polar surface area (TPSA) is 46.6 Å². The first kappa shape index (κ1) is 12.9. The van der Waals surface area contributed by atoms with Gasteiger partial charge in [0.25, 0.3) is 0 Å². The molecule has 1 aromatic rings. The van der Waals surface area contributed by atoms with E-state index in [0.717, 1.165) is 0 Å². The van der Waals surface area contributed by atoms with E-state index in [1.54, 1.807) is 12.1 Å². The van der Waals surface area contributed by atoms with E-state index in [1.165, 1.54) is 4.90 Å². The average molecular weight is 268 g/mol. The van der Waals surface area contributed by atoms with Gasteiger partial charge >= 0.3 is 0 Å². The smallest absolute Gasteiger partial charge is 0.229 e. The maximum Gasteiger partial charge on any atom is 0.229 e. The Labute approximate surface area is 110 Å². The van der Waals surface area contributed by atoms with Crippen LogP contribution in [0.3, 0.4) is 0 Å². The van der Waals surface area contributed by atoms with Crippen LogP contribution in [0.15, 0.2) is 24.3 Å². The minimum atomic E-state index is -0.0854. The zero-order chi connectivity index (χ0) is 13.0. The zero-order valence-electron chi connectivity index (χ0n) is 9.89. The summed E-state index contributed by atoms with van der Waals surface area (Å²) in [5.41, 5.74) is 0. The van der Waals surface area contributed by atoms with Crippen LogP contribution in [-0.2, 0) is 9.59 Å². The Kier molecular flexibility index (Phi) is 4.20. The molecule has 1 aromatic carbocycles. The van der Waals surface area contributed by atoms with Crippen LogP contribution in [0.2, 0.25) is 5.02 Å². The molecule has 1 aliphatic rings. The third-order valence-corrected chi connectivity index (χ3v) is 3.09. The zero-order valence-corrected chi connectivity index (χ0v) is 10.7. The number of likely N-dealkylation sites (tertiary alicyclic amines) is 1. The van der Waals surface area contributed by atoms with Crippen LogP contribution < -0.4 is 4.74 Å². The predicted molar refractivity (Wildman–Crippen MR) is 67.5 cm³/mol. The average Bonchev–Trinajstić information content (AvgIpc) is 2.67. The highest BCUT2D eigenvalue weighted by atomic mass is 35.5. The van der Waals surface area contributed by atoms with E-state index in [0.29, 0.717) is 43.2 Å². The molecule has 5 heteroatoms. The molecule has 0 radical (unpaired) electrons. The van der Waals surface area contributed by atoms with Crippen molar-refractivity contribution < 1.29 is 14.3 Å². The number of halogens is 1. The van der Waals surface area contributed by atoms with E-state index >= 15 is 0 Å². The van der Waals surface area contributed by atoms with Crippen molar-refractivity contribution in [2.75, 3.05) is 13.2 Å². The molecule has 18 heavy (non-hydrogen) atoms. The van der Waals surface area contributed by atoms with E-state index < -0.39 is 0 Å². The summed E-state index contributed by atoms with van der Waals surface area (Å²) < 4.78 is 5.49. The Bertz CT molecular complexity index is 445. The quantitative estimate of drug-likeness (QED) is 0.607. The second-order valence-corrected chi connectivity index (χ2v) is 4.48. The maximum absolute atomic E-state index is 11.3. The second kappa shape index (κ2) is 5.87. The van der Waals surface area contributed by atoms with Gasteiger partial charge < -0.3 is 4.74 Å². The maximum atomic E-state index is 11.3. The lowest BCUT2D eigenvalue weighted by Crippen LogP contribution is -2.30. The Morgan fingerprint density at radius 1 is 1.17 bits per heavy atom. The highest BCUT2D eigenvalue weighted by Crippen LogP contribution is 2.23. The minimum Gasteiger partial charge on any atom is -0.492 e. The number of hydrogen-bond acceptors (Lipinski definition) is 3. The molecule has 0 unspecified atom stereocenters. The van der Waals surface area contributed by atoms with Gasteiger partial charge in [0.2, 0.25) is 11.8 Å². The summed E-state index contributed by atoms with van der Waals surface area (Å²) in [5, 5.41) is 0.561. The SMILES string of the molecule is O=C1CCC(=O)N1CCCOc1ccccc1Cl. The van der Waals surface area contributed by atoms with E-state index in [1.807, 2.05) is 12.1 Å². The number of imide groups is 1. The number of benzene rings is 1.